The largest absolute Gasteiger partial charge is 0.290 e. The fourth-order valence-electron chi connectivity index (χ4n) is 6.95. The van der Waals surface area contributed by atoms with E-state index in [9.17, 15) is 9.59 Å². The van der Waals surface area contributed by atoms with Crippen molar-refractivity contribution in [2.75, 3.05) is 0 Å². The standard InChI is InChI=1S/C56H84O2/c1-2-3-4-5-6-7-8-9-10-11-12-13-14-15-16-17-18-19-20-21-22-23-24-25-26-27-28-29-30-31-32-33-34-35-36-37-38-39-40-41-42-43-44-45-46-47-48-49-50-54-53-55(57)51-52-56(54)58/h31-53H,2-30H2,1H3. The number of ketones is 2. The lowest BCUT2D eigenvalue weighted by atomic mass is 10.0. The van der Waals surface area contributed by atoms with Crippen LogP contribution in [0.2, 0.25) is 0 Å². The summed E-state index contributed by atoms with van der Waals surface area (Å²) in [6, 6.07) is 0. The molecule has 0 spiro atoms. The first-order valence-electron chi connectivity index (χ1n) is 23.9. The van der Waals surface area contributed by atoms with E-state index in [4.69, 9.17) is 0 Å². The van der Waals surface area contributed by atoms with Gasteiger partial charge in [0.25, 0.3) is 0 Å². The minimum absolute atomic E-state index is 0.150. The average molecular weight is 789 g/mol. The molecule has 2 heteroatoms. The Labute approximate surface area is 358 Å². The Hall–Kier alpha value is -3.78. The monoisotopic (exact) mass is 789 g/mol. The second-order valence-corrected chi connectivity index (χ2v) is 15.9. The Morgan fingerprint density at radius 2 is 0.603 bits per heavy atom. The van der Waals surface area contributed by atoms with E-state index in [2.05, 4.69) is 37.3 Å². The predicted molar refractivity (Wildman–Crippen MR) is 258 cm³/mol. The molecule has 58 heavy (non-hydrogen) atoms. The van der Waals surface area contributed by atoms with Gasteiger partial charge in [0.1, 0.15) is 0 Å². The molecular weight excluding hydrogens is 705 g/mol. The van der Waals surface area contributed by atoms with Gasteiger partial charge in [-0.2, -0.15) is 0 Å². The van der Waals surface area contributed by atoms with Crippen LogP contribution in [0.25, 0.3) is 0 Å². The van der Waals surface area contributed by atoms with Crippen molar-refractivity contribution >= 4 is 11.6 Å². The lowest BCUT2D eigenvalue weighted by molar-refractivity contribution is -0.114. The van der Waals surface area contributed by atoms with E-state index in [1.807, 2.05) is 79.0 Å². The molecule has 0 radical (unpaired) electrons. The summed E-state index contributed by atoms with van der Waals surface area (Å²) in [5, 5.41) is 0. The lowest BCUT2D eigenvalue weighted by Crippen LogP contribution is -2.05. The maximum atomic E-state index is 11.7. The van der Waals surface area contributed by atoms with Crippen molar-refractivity contribution < 1.29 is 9.59 Å². The van der Waals surface area contributed by atoms with E-state index in [-0.39, 0.29) is 11.6 Å². The van der Waals surface area contributed by atoms with Crippen molar-refractivity contribution in [1.29, 1.82) is 0 Å². The van der Waals surface area contributed by atoms with Crippen molar-refractivity contribution in [3.63, 3.8) is 0 Å². The normalized spacial score (nSPS) is 14.3. The number of allylic oxidation sites excluding steroid dienone is 24. The van der Waals surface area contributed by atoms with Gasteiger partial charge in [0, 0.05) is 5.57 Å². The van der Waals surface area contributed by atoms with E-state index in [0.29, 0.717) is 5.57 Å². The second-order valence-electron chi connectivity index (χ2n) is 15.9. The summed E-state index contributed by atoms with van der Waals surface area (Å²) in [4.78, 5) is 23.0. The van der Waals surface area contributed by atoms with Gasteiger partial charge in [0.05, 0.1) is 0 Å². The summed E-state index contributed by atoms with van der Waals surface area (Å²) >= 11 is 0. The smallest absolute Gasteiger partial charge is 0.186 e. The highest BCUT2D eigenvalue weighted by molar-refractivity contribution is 6.18. The molecule has 0 fully saturated rings. The minimum Gasteiger partial charge on any atom is -0.290 e. The fourth-order valence-corrected chi connectivity index (χ4v) is 6.95. The van der Waals surface area contributed by atoms with Crippen LogP contribution in [0, 0.1) is 0 Å². The maximum absolute atomic E-state index is 11.7. The summed E-state index contributed by atoms with van der Waals surface area (Å²) < 4.78 is 0. The van der Waals surface area contributed by atoms with E-state index < -0.39 is 0 Å². The van der Waals surface area contributed by atoms with Crippen molar-refractivity contribution in [1.82, 2.24) is 0 Å². The highest BCUT2D eigenvalue weighted by atomic mass is 16.1. The van der Waals surface area contributed by atoms with Gasteiger partial charge in [-0.1, -0.05) is 302 Å². The van der Waals surface area contributed by atoms with Crippen LogP contribution in [-0.2, 0) is 9.59 Å². The molecule has 2 nitrogen and oxygen atoms in total. The maximum Gasteiger partial charge on any atom is 0.186 e. The van der Waals surface area contributed by atoms with E-state index >= 15 is 0 Å². The molecule has 0 aromatic carbocycles. The average Bonchev–Trinajstić information content (AvgIpc) is 3.23. The number of carbonyl (C=O) groups is 2. The van der Waals surface area contributed by atoms with Gasteiger partial charge in [0.2, 0.25) is 0 Å². The molecule has 0 aromatic heterocycles. The molecule has 1 aliphatic rings. The summed E-state index contributed by atoms with van der Waals surface area (Å²) in [5.41, 5.74) is 0.404. The highest BCUT2D eigenvalue weighted by Crippen LogP contribution is 2.16. The second kappa shape index (κ2) is 44.3. The van der Waals surface area contributed by atoms with Crippen LogP contribution in [0.4, 0.5) is 0 Å². The van der Waals surface area contributed by atoms with Crippen molar-refractivity contribution in [3.8, 4) is 0 Å². The van der Waals surface area contributed by atoms with Gasteiger partial charge >= 0.3 is 0 Å². The first-order chi connectivity index (χ1) is 28.7. The third kappa shape index (κ3) is 39.1. The summed E-state index contributed by atoms with van der Waals surface area (Å²) in [6.07, 6.45) is 85.1. The summed E-state index contributed by atoms with van der Waals surface area (Å²) in [6.45, 7) is 2.30. The molecular formula is C56H84O2. The molecule has 0 saturated carbocycles. The third-order valence-corrected chi connectivity index (χ3v) is 10.5. The van der Waals surface area contributed by atoms with Crippen LogP contribution in [0.1, 0.15) is 193 Å². The van der Waals surface area contributed by atoms with E-state index in [1.165, 1.54) is 204 Å². The van der Waals surface area contributed by atoms with Gasteiger partial charge in [-0.3, -0.25) is 9.59 Å². The van der Waals surface area contributed by atoms with Crippen LogP contribution in [0.15, 0.2) is 145 Å². The van der Waals surface area contributed by atoms with Gasteiger partial charge < -0.3 is 0 Å². The van der Waals surface area contributed by atoms with Crippen molar-refractivity contribution in [3.05, 3.63) is 145 Å². The molecule has 0 unspecified atom stereocenters. The molecule has 320 valence electrons. The molecule has 0 saturated heterocycles. The molecule has 0 heterocycles. The fraction of sp³-hybridized carbons (Fsp3) is 0.536. The van der Waals surface area contributed by atoms with Crippen LogP contribution in [0.5, 0.6) is 0 Å². The number of carbonyl (C=O) groups excluding carboxylic acids is 2. The zero-order valence-corrected chi connectivity index (χ0v) is 37.1. The number of rotatable bonds is 39. The topological polar surface area (TPSA) is 34.1 Å². The quantitative estimate of drug-likeness (QED) is 0.0353. The van der Waals surface area contributed by atoms with Crippen LogP contribution >= 0.6 is 0 Å². The number of unbranched alkanes of at least 4 members (excludes halogenated alkanes) is 28. The van der Waals surface area contributed by atoms with Crippen molar-refractivity contribution in [2.45, 2.75) is 193 Å². The van der Waals surface area contributed by atoms with E-state index in [1.54, 1.807) is 12.2 Å². The Balaban J connectivity index is 1.81. The summed E-state index contributed by atoms with van der Waals surface area (Å²) in [5.74, 6) is -0.311. The number of hydrogen-bond acceptors (Lipinski definition) is 2. The molecule has 0 N–H and O–H groups in total. The van der Waals surface area contributed by atoms with Crippen LogP contribution < -0.4 is 0 Å². The van der Waals surface area contributed by atoms with Gasteiger partial charge in [-0.05, 0) is 31.1 Å². The van der Waals surface area contributed by atoms with E-state index in [0.717, 1.165) is 0 Å². The third-order valence-electron chi connectivity index (χ3n) is 10.5. The number of hydrogen-bond donors (Lipinski definition) is 0. The summed E-state index contributed by atoms with van der Waals surface area (Å²) in [7, 11) is 0. The zero-order chi connectivity index (χ0) is 41.5. The van der Waals surface area contributed by atoms with Crippen molar-refractivity contribution in [2.24, 2.45) is 0 Å². The lowest BCUT2D eigenvalue weighted by Gasteiger charge is -2.04. The minimum atomic E-state index is -0.160. The van der Waals surface area contributed by atoms with Gasteiger partial charge in [-0.25, -0.2) is 0 Å². The van der Waals surface area contributed by atoms with Gasteiger partial charge in [-0.15, -0.1) is 0 Å². The Morgan fingerprint density at radius 1 is 0.328 bits per heavy atom. The molecule has 1 rings (SSSR count). The highest BCUT2D eigenvalue weighted by Gasteiger charge is 2.09. The molecule has 0 aliphatic heterocycles. The first kappa shape index (κ1) is 52.2. The molecule has 0 amide bonds. The van der Waals surface area contributed by atoms with Crippen LogP contribution in [-0.4, -0.2) is 11.6 Å². The molecule has 0 bridgehead atoms. The zero-order valence-electron chi connectivity index (χ0n) is 37.1. The van der Waals surface area contributed by atoms with Gasteiger partial charge in [0.15, 0.2) is 11.6 Å². The predicted octanol–water partition coefficient (Wildman–Crippen LogP) is 17.5. The molecule has 0 atom stereocenters. The SMILES string of the molecule is CCCCCCCCCCCCCCCCCCCCCCCCCCCCCCC=CC=CC=CC=CC=CC=CC=CC=CC=CC=CC1=CC(=O)C=CC1=O. The Morgan fingerprint density at radius 3 is 0.931 bits per heavy atom. The Kier molecular flexibility index (Phi) is 39.9. The Bertz CT molecular complexity index is 1350. The first-order valence-corrected chi connectivity index (χ1v) is 23.9. The van der Waals surface area contributed by atoms with Crippen LogP contribution in [0.3, 0.4) is 0 Å². The molecule has 1 aliphatic carbocycles. The molecule has 0 aromatic rings.